The molecule has 3 rings (SSSR count). The summed E-state index contributed by atoms with van der Waals surface area (Å²) in [7, 11) is 1.60. The van der Waals surface area contributed by atoms with Gasteiger partial charge < -0.3 is 4.74 Å². The number of H-pyrrole nitrogens is 1. The Balaban J connectivity index is 1.63. The van der Waals surface area contributed by atoms with Crippen LogP contribution in [0.1, 0.15) is 21.6 Å². The first-order valence-electron chi connectivity index (χ1n) is 7.73. The number of amides is 1. The highest BCUT2D eigenvalue weighted by Gasteiger charge is 2.10. The quantitative estimate of drug-likeness (QED) is 0.548. The van der Waals surface area contributed by atoms with Crippen molar-refractivity contribution in [1.82, 2.24) is 15.6 Å². The molecule has 2 aromatic carbocycles. The molecule has 1 heterocycles. The average molecular weight is 345 g/mol. The molecule has 3 aromatic rings. The van der Waals surface area contributed by atoms with Crippen LogP contribution in [-0.4, -0.2) is 29.4 Å². The minimum atomic E-state index is -0.401. The van der Waals surface area contributed by atoms with Crippen LogP contribution in [0.25, 0.3) is 11.3 Å². The summed E-state index contributed by atoms with van der Waals surface area (Å²) in [5, 5.41) is 19.5. The summed E-state index contributed by atoms with van der Waals surface area (Å²) in [6, 6.07) is 17.9. The minimum absolute atomic E-state index is 0.299. The van der Waals surface area contributed by atoms with Crippen LogP contribution in [0.3, 0.4) is 0 Å². The Labute approximate surface area is 149 Å². The number of benzene rings is 2. The minimum Gasteiger partial charge on any atom is -0.497 e. The van der Waals surface area contributed by atoms with Gasteiger partial charge in [0.05, 0.1) is 30.7 Å². The number of carbonyl (C=O) groups is 1. The van der Waals surface area contributed by atoms with Gasteiger partial charge in [-0.2, -0.15) is 15.5 Å². The number of nitriles is 1. The van der Waals surface area contributed by atoms with E-state index in [0.717, 1.165) is 16.9 Å². The summed E-state index contributed by atoms with van der Waals surface area (Å²) < 4.78 is 5.12. The Morgan fingerprint density at radius 2 is 1.96 bits per heavy atom. The fraction of sp³-hybridized carbons (Fsp3) is 0.0526. The van der Waals surface area contributed by atoms with Crippen molar-refractivity contribution < 1.29 is 9.53 Å². The van der Waals surface area contributed by atoms with E-state index in [1.807, 2.05) is 30.3 Å². The summed E-state index contributed by atoms with van der Waals surface area (Å²) >= 11 is 0. The van der Waals surface area contributed by atoms with E-state index in [1.165, 1.54) is 6.21 Å². The SMILES string of the molecule is COc1ccc(-c2cc(C(=O)N/N=C/c3ccc(C#N)cc3)[nH]n2)cc1. The number of rotatable bonds is 5. The number of hydrazone groups is 1. The first-order chi connectivity index (χ1) is 12.7. The second-order valence-electron chi connectivity index (χ2n) is 5.33. The van der Waals surface area contributed by atoms with Gasteiger partial charge in [-0.05, 0) is 48.0 Å². The highest BCUT2D eigenvalue weighted by atomic mass is 16.5. The predicted octanol–water partition coefficient (Wildman–Crippen LogP) is 2.72. The monoisotopic (exact) mass is 345 g/mol. The van der Waals surface area contributed by atoms with E-state index in [1.54, 1.807) is 37.4 Å². The van der Waals surface area contributed by atoms with Crippen LogP contribution in [-0.2, 0) is 0 Å². The normalized spacial score (nSPS) is 10.5. The van der Waals surface area contributed by atoms with E-state index < -0.39 is 5.91 Å². The van der Waals surface area contributed by atoms with Crippen LogP contribution in [0.15, 0.2) is 59.7 Å². The zero-order valence-electron chi connectivity index (χ0n) is 13.9. The zero-order chi connectivity index (χ0) is 18.4. The lowest BCUT2D eigenvalue weighted by molar-refractivity contribution is 0.0950. The number of ether oxygens (including phenoxy) is 1. The van der Waals surface area contributed by atoms with Crippen molar-refractivity contribution in [2.75, 3.05) is 7.11 Å². The molecule has 0 fully saturated rings. The van der Waals surface area contributed by atoms with Crippen LogP contribution >= 0.6 is 0 Å². The number of hydrogen-bond donors (Lipinski definition) is 2. The van der Waals surface area contributed by atoms with E-state index in [0.29, 0.717) is 17.0 Å². The van der Waals surface area contributed by atoms with E-state index in [-0.39, 0.29) is 0 Å². The molecular formula is C19H15N5O2. The molecule has 0 unspecified atom stereocenters. The third kappa shape index (κ3) is 3.94. The van der Waals surface area contributed by atoms with Gasteiger partial charge in [-0.3, -0.25) is 9.89 Å². The maximum Gasteiger partial charge on any atom is 0.289 e. The van der Waals surface area contributed by atoms with E-state index in [2.05, 4.69) is 20.7 Å². The molecule has 0 saturated carbocycles. The summed E-state index contributed by atoms with van der Waals surface area (Å²) in [5.41, 5.74) is 5.58. The van der Waals surface area contributed by atoms with Gasteiger partial charge in [0, 0.05) is 5.56 Å². The van der Waals surface area contributed by atoms with Gasteiger partial charge in [-0.1, -0.05) is 12.1 Å². The molecule has 7 nitrogen and oxygen atoms in total. The van der Waals surface area contributed by atoms with Gasteiger partial charge in [-0.15, -0.1) is 0 Å². The number of carbonyl (C=O) groups excluding carboxylic acids is 1. The molecule has 1 amide bonds. The smallest absolute Gasteiger partial charge is 0.289 e. The molecule has 0 bridgehead atoms. The van der Waals surface area contributed by atoms with Crippen LogP contribution in [0, 0.1) is 11.3 Å². The van der Waals surface area contributed by atoms with Gasteiger partial charge in [0.2, 0.25) is 0 Å². The number of nitrogens with zero attached hydrogens (tertiary/aromatic N) is 3. The molecular weight excluding hydrogens is 330 g/mol. The standard InChI is InChI=1S/C19H15N5O2/c1-26-16-8-6-15(7-9-16)17-10-18(23-22-17)19(25)24-21-12-14-4-2-13(11-20)3-5-14/h2-10,12H,1H3,(H,22,23)(H,24,25)/b21-12+. The number of nitrogens with one attached hydrogen (secondary N) is 2. The van der Waals surface area contributed by atoms with E-state index in [4.69, 9.17) is 10.00 Å². The first-order valence-corrected chi connectivity index (χ1v) is 7.73. The summed E-state index contributed by atoms with van der Waals surface area (Å²) in [6.45, 7) is 0. The second-order valence-corrected chi connectivity index (χ2v) is 5.33. The first kappa shape index (κ1) is 16.9. The Kier molecular flexibility index (Phi) is 5.05. The third-order valence-electron chi connectivity index (χ3n) is 3.63. The van der Waals surface area contributed by atoms with Crippen molar-refractivity contribution in [2.45, 2.75) is 0 Å². The van der Waals surface area contributed by atoms with Crippen LogP contribution in [0.4, 0.5) is 0 Å². The van der Waals surface area contributed by atoms with E-state index >= 15 is 0 Å². The number of hydrogen-bond acceptors (Lipinski definition) is 5. The lowest BCUT2D eigenvalue weighted by atomic mass is 10.1. The van der Waals surface area contributed by atoms with Crippen molar-refractivity contribution >= 4 is 12.1 Å². The van der Waals surface area contributed by atoms with Crippen molar-refractivity contribution in [3.05, 3.63) is 71.4 Å². The second kappa shape index (κ2) is 7.77. The Morgan fingerprint density at radius 1 is 1.23 bits per heavy atom. The van der Waals surface area contributed by atoms with Crippen molar-refractivity contribution in [3.63, 3.8) is 0 Å². The molecule has 26 heavy (non-hydrogen) atoms. The Hall–Kier alpha value is -3.92. The highest BCUT2D eigenvalue weighted by Crippen LogP contribution is 2.21. The molecule has 0 radical (unpaired) electrons. The molecule has 1 aromatic heterocycles. The molecule has 0 atom stereocenters. The number of aromatic nitrogens is 2. The molecule has 128 valence electrons. The van der Waals surface area contributed by atoms with Gasteiger partial charge >= 0.3 is 0 Å². The van der Waals surface area contributed by atoms with Crippen molar-refractivity contribution in [2.24, 2.45) is 5.10 Å². The topological polar surface area (TPSA) is 103 Å². The highest BCUT2D eigenvalue weighted by molar-refractivity contribution is 5.94. The fourth-order valence-corrected chi connectivity index (χ4v) is 2.22. The van der Waals surface area contributed by atoms with Gasteiger partial charge in [-0.25, -0.2) is 5.43 Å². The molecule has 0 spiro atoms. The summed E-state index contributed by atoms with van der Waals surface area (Å²) in [6.07, 6.45) is 1.50. The lowest BCUT2D eigenvalue weighted by Crippen LogP contribution is -2.17. The third-order valence-corrected chi connectivity index (χ3v) is 3.63. The number of methoxy groups -OCH3 is 1. The van der Waals surface area contributed by atoms with Crippen molar-refractivity contribution in [1.29, 1.82) is 5.26 Å². The Morgan fingerprint density at radius 3 is 2.62 bits per heavy atom. The summed E-state index contributed by atoms with van der Waals surface area (Å²) in [4.78, 5) is 12.1. The van der Waals surface area contributed by atoms with Gasteiger partial charge in [0.1, 0.15) is 11.4 Å². The van der Waals surface area contributed by atoms with E-state index in [9.17, 15) is 4.79 Å². The molecule has 0 aliphatic carbocycles. The zero-order valence-corrected chi connectivity index (χ0v) is 13.9. The average Bonchev–Trinajstić information content (AvgIpc) is 3.19. The molecule has 7 heteroatoms. The van der Waals surface area contributed by atoms with Gasteiger partial charge in [0.15, 0.2) is 0 Å². The number of aromatic amines is 1. The van der Waals surface area contributed by atoms with Crippen LogP contribution in [0.5, 0.6) is 5.75 Å². The van der Waals surface area contributed by atoms with Gasteiger partial charge in [0.25, 0.3) is 5.91 Å². The Bertz CT molecular complexity index is 966. The molecule has 0 saturated heterocycles. The maximum atomic E-state index is 12.1. The van der Waals surface area contributed by atoms with Crippen LogP contribution < -0.4 is 10.2 Å². The van der Waals surface area contributed by atoms with Crippen molar-refractivity contribution in [3.8, 4) is 23.1 Å². The fourth-order valence-electron chi connectivity index (χ4n) is 2.22. The largest absolute Gasteiger partial charge is 0.497 e. The molecule has 0 aliphatic heterocycles. The molecule has 0 aliphatic rings. The lowest BCUT2D eigenvalue weighted by Gasteiger charge is -2.00. The maximum absolute atomic E-state index is 12.1. The predicted molar refractivity (Wildman–Crippen MR) is 96.8 cm³/mol. The summed E-state index contributed by atoms with van der Waals surface area (Å²) in [5.74, 6) is 0.349. The molecule has 2 N–H and O–H groups in total. The van der Waals surface area contributed by atoms with Crippen LogP contribution in [0.2, 0.25) is 0 Å².